The van der Waals surface area contributed by atoms with E-state index in [1.165, 1.54) is 12.4 Å². The van der Waals surface area contributed by atoms with Gasteiger partial charge in [0.1, 0.15) is 0 Å². The fraction of sp³-hybridized carbons (Fsp3) is 0.500. The van der Waals surface area contributed by atoms with Crippen LogP contribution < -0.4 is 4.90 Å². The van der Waals surface area contributed by atoms with Crippen LogP contribution in [0, 0.1) is 11.7 Å². The Kier molecular flexibility index (Phi) is 4.85. The fourth-order valence-electron chi connectivity index (χ4n) is 3.71. The normalized spacial score (nSPS) is 25.8. The molecule has 4 rings (SSSR count). The number of hydrogen-bond acceptors (Lipinski definition) is 6. The first-order chi connectivity index (χ1) is 12.3. The van der Waals surface area contributed by atoms with E-state index in [1.54, 1.807) is 12.4 Å². The highest BCUT2D eigenvalue weighted by Gasteiger charge is 2.42. The van der Waals surface area contributed by atoms with E-state index in [-0.39, 0.29) is 12.1 Å². The van der Waals surface area contributed by atoms with Crippen LogP contribution in [-0.2, 0) is 16.1 Å². The molecule has 1 saturated heterocycles. The lowest BCUT2D eigenvalue weighted by atomic mass is 10.1. The second-order valence-electron chi connectivity index (χ2n) is 6.58. The van der Waals surface area contributed by atoms with Gasteiger partial charge in [0, 0.05) is 18.9 Å². The molecular formula is C18H21FN4O2. The van der Waals surface area contributed by atoms with Crippen LogP contribution in [0.5, 0.6) is 0 Å². The van der Waals surface area contributed by atoms with Gasteiger partial charge in [0.2, 0.25) is 5.95 Å². The molecule has 1 saturated carbocycles. The molecule has 2 aromatic heterocycles. The Hall–Kier alpha value is -2.12. The van der Waals surface area contributed by atoms with Gasteiger partial charge < -0.3 is 14.4 Å². The molecule has 6 nitrogen and oxygen atoms in total. The summed E-state index contributed by atoms with van der Waals surface area (Å²) in [4.78, 5) is 14.4. The van der Waals surface area contributed by atoms with Crippen molar-refractivity contribution in [3.05, 3.63) is 48.3 Å². The minimum absolute atomic E-state index is 0.164. The molecule has 3 heterocycles. The number of fused-ring (bicyclic) bond motifs is 1. The molecule has 132 valence electrons. The number of halogens is 1. The molecule has 0 amide bonds. The third-order valence-electron chi connectivity index (χ3n) is 4.87. The van der Waals surface area contributed by atoms with E-state index in [9.17, 15) is 4.39 Å². The molecule has 0 bridgehead atoms. The molecular weight excluding hydrogens is 323 g/mol. The Balaban J connectivity index is 1.35. The molecule has 2 aromatic rings. The van der Waals surface area contributed by atoms with E-state index < -0.39 is 5.82 Å². The van der Waals surface area contributed by atoms with Crippen LogP contribution in [0.1, 0.15) is 18.4 Å². The summed E-state index contributed by atoms with van der Waals surface area (Å²) in [6.07, 6.45) is 8.10. The number of aromatic nitrogens is 3. The van der Waals surface area contributed by atoms with E-state index in [2.05, 4.69) is 19.9 Å². The molecule has 25 heavy (non-hydrogen) atoms. The van der Waals surface area contributed by atoms with Gasteiger partial charge in [-0.05, 0) is 36.5 Å². The number of hydrogen-bond donors (Lipinski definition) is 0. The molecule has 1 aliphatic carbocycles. The monoisotopic (exact) mass is 344 g/mol. The van der Waals surface area contributed by atoms with Gasteiger partial charge in [0.25, 0.3) is 0 Å². The van der Waals surface area contributed by atoms with Crippen LogP contribution in [0.2, 0.25) is 0 Å². The lowest BCUT2D eigenvalue weighted by molar-refractivity contribution is 0.0200. The van der Waals surface area contributed by atoms with Crippen LogP contribution in [0.3, 0.4) is 0 Å². The molecule has 0 spiro atoms. The van der Waals surface area contributed by atoms with Gasteiger partial charge in [-0.25, -0.2) is 14.4 Å². The average Bonchev–Trinajstić information content (AvgIpc) is 3.06. The maximum atomic E-state index is 13.1. The Morgan fingerprint density at radius 3 is 2.80 bits per heavy atom. The van der Waals surface area contributed by atoms with Crippen LogP contribution in [0.4, 0.5) is 10.3 Å². The van der Waals surface area contributed by atoms with Gasteiger partial charge in [-0.1, -0.05) is 0 Å². The highest BCUT2D eigenvalue weighted by Crippen LogP contribution is 2.35. The first-order valence-corrected chi connectivity index (χ1v) is 8.62. The van der Waals surface area contributed by atoms with Crippen molar-refractivity contribution in [1.82, 2.24) is 15.0 Å². The van der Waals surface area contributed by atoms with Crippen molar-refractivity contribution < 1.29 is 13.9 Å². The quantitative estimate of drug-likeness (QED) is 0.829. The maximum Gasteiger partial charge on any atom is 0.225 e. The van der Waals surface area contributed by atoms with Crippen molar-refractivity contribution in [2.75, 3.05) is 24.7 Å². The topological polar surface area (TPSA) is 60.4 Å². The summed E-state index contributed by atoms with van der Waals surface area (Å²) in [5.74, 6) is 0.610. The lowest BCUT2D eigenvalue weighted by Gasteiger charge is -2.37. The summed E-state index contributed by atoms with van der Waals surface area (Å²) in [6, 6.07) is 4.16. The molecule has 2 aliphatic rings. The average molecular weight is 344 g/mol. The number of morpholine rings is 1. The highest BCUT2D eigenvalue weighted by atomic mass is 19.1. The first kappa shape index (κ1) is 16.4. The number of rotatable bonds is 5. The lowest BCUT2D eigenvalue weighted by Crippen LogP contribution is -2.49. The van der Waals surface area contributed by atoms with Gasteiger partial charge in [-0.3, -0.25) is 4.98 Å². The Bertz CT molecular complexity index is 685. The minimum atomic E-state index is -0.414. The smallest absolute Gasteiger partial charge is 0.225 e. The second kappa shape index (κ2) is 7.41. The van der Waals surface area contributed by atoms with Crippen molar-refractivity contribution in [2.45, 2.75) is 31.6 Å². The third-order valence-corrected chi connectivity index (χ3v) is 4.87. The summed E-state index contributed by atoms with van der Waals surface area (Å²) in [5, 5.41) is 0. The Labute approximate surface area is 146 Å². The molecule has 0 aromatic carbocycles. The standard InChI is InChI=1S/C18H21FN4O2/c19-15-9-21-18(22-10-15)23-5-6-25-17-8-14(7-16(17)23)12-24-11-13-1-3-20-4-2-13/h1-4,9-10,14,16-17H,5-8,11-12H2/t14-,16-,17-/m1/s1. The van der Waals surface area contributed by atoms with E-state index in [0.29, 0.717) is 31.7 Å². The van der Waals surface area contributed by atoms with Crippen molar-refractivity contribution in [3.63, 3.8) is 0 Å². The van der Waals surface area contributed by atoms with Gasteiger partial charge in [0.05, 0.1) is 44.4 Å². The minimum Gasteiger partial charge on any atom is -0.376 e. The number of nitrogens with zero attached hydrogens (tertiary/aromatic N) is 4. The van der Waals surface area contributed by atoms with Gasteiger partial charge in [-0.15, -0.1) is 0 Å². The molecule has 0 unspecified atom stereocenters. The molecule has 7 heteroatoms. The van der Waals surface area contributed by atoms with Crippen molar-refractivity contribution in [3.8, 4) is 0 Å². The second-order valence-corrected chi connectivity index (χ2v) is 6.58. The van der Waals surface area contributed by atoms with Crippen LogP contribution in [0.15, 0.2) is 36.9 Å². The van der Waals surface area contributed by atoms with Crippen LogP contribution in [0.25, 0.3) is 0 Å². The summed E-state index contributed by atoms with van der Waals surface area (Å²) in [6.45, 7) is 2.68. The Morgan fingerprint density at radius 1 is 1.20 bits per heavy atom. The van der Waals surface area contributed by atoms with Crippen LogP contribution in [-0.4, -0.2) is 46.9 Å². The zero-order chi connectivity index (χ0) is 17.1. The van der Waals surface area contributed by atoms with Gasteiger partial charge >= 0.3 is 0 Å². The van der Waals surface area contributed by atoms with E-state index in [4.69, 9.17) is 9.47 Å². The number of anilines is 1. The summed E-state index contributed by atoms with van der Waals surface area (Å²) in [5.41, 5.74) is 1.13. The third kappa shape index (κ3) is 3.77. The predicted octanol–water partition coefficient (Wildman–Crippen LogP) is 2.21. The molecule has 3 atom stereocenters. The molecule has 0 N–H and O–H groups in total. The zero-order valence-electron chi connectivity index (χ0n) is 13.9. The van der Waals surface area contributed by atoms with E-state index in [1.807, 2.05) is 12.1 Å². The van der Waals surface area contributed by atoms with Crippen molar-refractivity contribution in [2.24, 2.45) is 5.92 Å². The molecule has 0 radical (unpaired) electrons. The predicted molar refractivity (Wildman–Crippen MR) is 89.5 cm³/mol. The largest absolute Gasteiger partial charge is 0.376 e. The fourth-order valence-corrected chi connectivity index (χ4v) is 3.71. The summed E-state index contributed by atoms with van der Waals surface area (Å²) < 4.78 is 24.9. The zero-order valence-corrected chi connectivity index (χ0v) is 13.9. The molecule has 2 fully saturated rings. The highest BCUT2D eigenvalue weighted by molar-refractivity contribution is 5.33. The number of ether oxygens (including phenoxy) is 2. The summed E-state index contributed by atoms with van der Waals surface area (Å²) in [7, 11) is 0. The van der Waals surface area contributed by atoms with Gasteiger partial charge in [-0.2, -0.15) is 0 Å². The summed E-state index contributed by atoms with van der Waals surface area (Å²) >= 11 is 0. The molecule has 1 aliphatic heterocycles. The number of pyridine rings is 1. The Morgan fingerprint density at radius 2 is 2.00 bits per heavy atom. The van der Waals surface area contributed by atoms with E-state index in [0.717, 1.165) is 24.9 Å². The van der Waals surface area contributed by atoms with Crippen molar-refractivity contribution >= 4 is 5.95 Å². The van der Waals surface area contributed by atoms with Crippen molar-refractivity contribution in [1.29, 1.82) is 0 Å². The van der Waals surface area contributed by atoms with Crippen LogP contribution >= 0.6 is 0 Å². The first-order valence-electron chi connectivity index (χ1n) is 8.62. The SMILES string of the molecule is Fc1cnc(N2CCO[C@@H]3C[C@H](COCc4ccncc4)C[C@H]32)nc1. The van der Waals surface area contributed by atoms with E-state index >= 15 is 0 Å². The maximum absolute atomic E-state index is 13.1. The van der Waals surface area contributed by atoms with Gasteiger partial charge in [0.15, 0.2) is 5.82 Å².